The third-order valence-corrected chi connectivity index (χ3v) is 10.1. The van der Waals surface area contributed by atoms with Gasteiger partial charge in [-0.1, -0.05) is 164 Å². The second-order valence-electron chi connectivity index (χ2n) is 13.4. The highest BCUT2D eigenvalue weighted by Crippen LogP contribution is 2.42. The third kappa shape index (κ3) is 6.32. The average Bonchev–Trinajstić information content (AvgIpc) is 3.58. The molecule has 0 radical (unpaired) electrons. The van der Waals surface area contributed by atoms with Crippen molar-refractivity contribution in [1.29, 1.82) is 0 Å². The van der Waals surface area contributed by atoms with Crippen molar-refractivity contribution in [3.63, 3.8) is 0 Å². The number of hydrogen-bond donors (Lipinski definition) is 0. The summed E-state index contributed by atoms with van der Waals surface area (Å²) < 4.78 is 6.33. The molecule has 0 bridgehead atoms. The smallest absolute Gasteiger partial charge is 0.138 e. The number of benzene rings is 8. The standard InChI is InChI=1S/C51H37NO/c1-36-47-19-9-11-22-50(47)53-51(36)44-18-12-17-43(35-44)41-29-33-46(34-30-41)52(49-21-10-8-20-48(49)42-15-6-3-7-16-42)45-31-27-40(28-32-45)39-25-23-38(24-26-39)37-13-4-2-5-14-37/h2-35H,1H3. The first-order valence-electron chi connectivity index (χ1n) is 18.1. The molecule has 0 saturated carbocycles. The van der Waals surface area contributed by atoms with Crippen LogP contribution in [0.15, 0.2) is 211 Å². The van der Waals surface area contributed by atoms with E-state index < -0.39 is 0 Å². The van der Waals surface area contributed by atoms with Gasteiger partial charge in [-0.15, -0.1) is 0 Å². The maximum Gasteiger partial charge on any atom is 0.138 e. The quantitative estimate of drug-likeness (QED) is 0.159. The molecule has 0 spiro atoms. The molecular weight excluding hydrogens is 643 g/mol. The molecule has 0 N–H and O–H groups in total. The molecule has 0 atom stereocenters. The fourth-order valence-corrected chi connectivity index (χ4v) is 7.34. The molecule has 0 unspecified atom stereocenters. The summed E-state index contributed by atoms with van der Waals surface area (Å²) in [6.07, 6.45) is 0. The van der Waals surface area contributed by atoms with Crippen LogP contribution in [0.5, 0.6) is 0 Å². The fourth-order valence-electron chi connectivity index (χ4n) is 7.34. The monoisotopic (exact) mass is 679 g/mol. The molecular formula is C51H37NO. The van der Waals surface area contributed by atoms with E-state index in [0.29, 0.717) is 0 Å². The Balaban J connectivity index is 1.08. The summed E-state index contributed by atoms with van der Waals surface area (Å²) >= 11 is 0. The van der Waals surface area contributed by atoms with Gasteiger partial charge in [0.1, 0.15) is 11.3 Å². The molecule has 2 nitrogen and oxygen atoms in total. The highest BCUT2D eigenvalue weighted by molar-refractivity contribution is 5.90. The van der Waals surface area contributed by atoms with Crippen LogP contribution in [0.3, 0.4) is 0 Å². The van der Waals surface area contributed by atoms with E-state index in [-0.39, 0.29) is 0 Å². The van der Waals surface area contributed by atoms with Gasteiger partial charge in [0.25, 0.3) is 0 Å². The van der Waals surface area contributed by atoms with Crippen LogP contribution in [0.25, 0.3) is 66.8 Å². The lowest BCUT2D eigenvalue weighted by atomic mass is 9.98. The van der Waals surface area contributed by atoms with Crippen molar-refractivity contribution in [1.82, 2.24) is 0 Å². The first kappa shape index (κ1) is 32.0. The lowest BCUT2D eigenvalue weighted by molar-refractivity contribution is 0.629. The van der Waals surface area contributed by atoms with Crippen LogP contribution >= 0.6 is 0 Å². The van der Waals surface area contributed by atoms with Gasteiger partial charge in [-0.2, -0.15) is 0 Å². The average molecular weight is 680 g/mol. The molecule has 2 heteroatoms. The topological polar surface area (TPSA) is 16.4 Å². The van der Waals surface area contributed by atoms with Crippen molar-refractivity contribution in [2.45, 2.75) is 6.92 Å². The summed E-state index contributed by atoms with van der Waals surface area (Å²) in [6.45, 7) is 2.14. The minimum absolute atomic E-state index is 0.916. The summed E-state index contributed by atoms with van der Waals surface area (Å²) in [5, 5.41) is 1.15. The molecule has 0 fully saturated rings. The zero-order valence-corrected chi connectivity index (χ0v) is 29.5. The largest absolute Gasteiger partial charge is 0.456 e. The molecule has 0 aliphatic heterocycles. The number of para-hydroxylation sites is 2. The first-order chi connectivity index (χ1) is 26.2. The predicted octanol–water partition coefficient (Wildman–Crippen LogP) is 14.5. The van der Waals surface area contributed by atoms with Gasteiger partial charge in [0, 0.05) is 33.5 Å². The number of fused-ring (bicyclic) bond motifs is 1. The molecule has 0 saturated heterocycles. The van der Waals surface area contributed by atoms with Crippen molar-refractivity contribution in [2.75, 3.05) is 4.90 Å². The van der Waals surface area contributed by atoms with Gasteiger partial charge in [-0.3, -0.25) is 0 Å². The summed E-state index contributed by atoms with van der Waals surface area (Å²) in [6, 6.07) is 73.4. The Kier molecular flexibility index (Phi) is 8.47. The van der Waals surface area contributed by atoms with Crippen LogP contribution in [0.1, 0.15) is 5.56 Å². The van der Waals surface area contributed by atoms with E-state index in [2.05, 4.69) is 206 Å². The van der Waals surface area contributed by atoms with Crippen molar-refractivity contribution in [3.8, 4) is 55.8 Å². The van der Waals surface area contributed by atoms with E-state index in [1.54, 1.807) is 0 Å². The normalized spacial score (nSPS) is 11.1. The van der Waals surface area contributed by atoms with Gasteiger partial charge in [-0.05, 0) is 88.3 Å². The minimum Gasteiger partial charge on any atom is -0.456 e. The van der Waals surface area contributed by atoms with Crippen molar-refractivity contribution in [3.05, 3.63) is 212 Å². The molecule has 8 aromatic carbocycles. The van der Waals surface area contributed by atoms with Crippen molar-refractivity contribution >= 4 is 28.0 Å². The van der Waals surface area contributed by atoms with Gasteiger partial charge in [-0.25, -0.2) is 0 Å². The maximum absolute atomic E-state index is 6.33. The zero-order valence-electron chi connectivity index (χ0n) is 29.5. The van der Waals surface area contributed by atoms with Gasteiger partial charge < -0.3 is 9.32 Å². The fraction of sp³-hybridized carbons (Fsp3) is 0.0196. The lowest BCUT2D eigenvalue weighted by Gasteiger charge is -2.28. The first-order valence-corrected chi connectivity index (χ1v) is 18.1. The molecule has 1 heterocycles. The SMILES string of the molecule is Cc1c(-c2cccc(-c3ccc(N(c4ccc(-c5ccc(-c6ccccc6)cc5)cc4)c4ccccc4-c4ccccc4)cc3)c2)oc2ccccc12. The van der Waals surface area contributed by atoms with Crippen LogP contribution in [-0.2, 0) is 0 Å². The van der Waals surface area contributed by atoms with Crippen LogP contribution in [0.2, 0.25) is 0 Å². The predicted molar refractivity (Wildman–Crippen MR) is 223 cm³/mol. The molecule has 1 aromatic heterocycles. The van der Waals surface area contributed by atoms with E-state index in [1.165, 1.54) is 33.4 Å². The van der Waals surface area contributed by atoms with E-state index in [0.717, 1.165) is 56.0 Å². The van der Waals surface area contributed by atoms with E-state index >= 15 is 0 Å². The Hall–Kier alpha value is -6.90. The van der Waals surface area contributed by atoms with Gasteiger partial charge >= 0.3 is 0 Å². The van der Waals surface area contributed by atoms with E-state index in [1.807, 2.05) is 12.1 Å². The molecule has 252 valence electrons. The van der Waals surface area contributed by atoms with Crippen molar-refractivity contribution < 1.29 is 4.42 Å². The zero-order chi connectivity index (χ0) is 35.6. The Labute approximate surface area is 310 Å². The lowest BCUT2D eigenvalue weighted by Crippen LogP contribution is -2.11. The highest BCUT2D eigenvalue weighted by Gasteiger charge is 2.18. The highest BCUT2D eigenvalue weighted by atomic mass is 16.3. The second-order valence-corrected chi connectivity index (χ2v) is 13.4. The maximum atomic E-state index is 6.33. The van der Waals surface area contributed by atoms with Crippen LogP contribution in [0, 0.1) is 6.92 Å². The Morgan fingerprint density at radius 3 is 1.43 bits per heavy atom. The van der Waals surface area contributed by atoms with E-state index in [9.17, 15) is 0 Å². The minimum atomic E-state index is 0.916. The summed E-state index contributed by atoms with van der Waals surface area (Å²) in [5.74, 6) is 0.920. The molecule has 9 rings (SSSR count). The number of hydrogen-bond acceptors (Lipinski definition) is 2. The number of furan rings is 1. The Bertz CT molecular complexity index is 2640. The van der Waals surface area contributed by atoms with Gasteiger partial charge in [0.2, 0.25) is 0 Å². The second kappa shape index (κ2) is 14.0. The van der Waals surface area contributed by atoms with Crippen LogP contribution < -0.4 is 4.90 Å². The molecule has 9 aromatic rings. The molecule has 0 amide bonds. The summed E-state index contributed by atoms with van der Waals surface area (Å²) in [5.41, 5.74) is 15.9. The Morgan fingerprint density at radius 2 is 0.811 bits per heavy atom. The number of rotatable bonds is 8. The van der Waals surface area contributed by atoms with Crippen LogP contribution in [0.4, 0.5) is 17.1 Å². The molecule has 0 aliphatic rings. The summed E-state index contributed by atoms with van der Waals surface area (Å²) in [7, 11) is 0. The number of aryl methyl sites for hydroxylation is 1. The molecule has 0 aliphatic carbocycles. The Morgan fingerprint density at radius 1 is 0.358 bits per heavy atom. The van der Waals surface area contributed by atoms with Gasteiger partial charge in [0.05, 0.1) is 5.69 Å². The van der Waals surface area contributed by atoms with Crippen molar-refractivity contribution in [2.24, 2.45) is 0 Å². The third-order valence-electron chi connectivity index (χ3n) is 10.1. The summed E-state index contributed by atoms with van der Waals surface area (Å²) in [4.78, 5) is 2.36. The van der Waals surface area contributed by atoms with E-state index in [4.69, 9.17) is 4.42 Å². The molecule has 53 heavy (non-hydrogen) atoms. The number of nitrogens with zero attached hydrogens (tertiary/aromatic N) is 1. The van der Waals surface area contributed by atoms with Gasteiger partial charge in [0.15, 0.2) is 0 Å². The number of anilines is 3. The van der Waals surface area contributed by atoms with Crippen LogP contribution in [-0.4, -0.2) is 0 Å².